The van der Waals surface area contributed by atoms with Crippen molar-refractivity contribution in [1.29, 1.82) is 0 Å². The zero-order valence-electron chi connectivity index (χ0n) is 9.21. The summed E-state index contributed by atoms with van der Waals surface area (Å²) in [6, 6.07) is 2.45. The predicted octanol–water partition coefficient (Wildman–Crippen LogP) is 0.248. The van der Waals surface area contributed by atoms with Crippen LogP contribution in [0.25, 0.3) is 0 Å². The molecule has 1 unspecified atom stereocenters. The van der Waals surface area contributed by atoms with E-state index in [0.717, 1.165) is 0 Å². The fraction of sp³-hybridized carbons (Fsp3) is 0.333. The summed E-state index contributed by atoms with van der Waals surface area (Å²) in [6.45, 7) is 1.74. The molecule has 1 atom stereocenters. The highest BCUT2D eigenvalue weighted by Gasteiger charge is 2.14. The van der Waals surface area contributed by atoms with E-state index in [1.165, 1.54) is 12.1 Å². The first-order valence-corrected chi connectivity index (χ1v) is 4.86. The maximum Gasteiger partial charge on any atom is 0.311 e. The van der Waals surface area contributed by atoms with Crippen LogP contribution in [0.4, 0.5) is 17.3 Å². The summed E-state index contributed by atoms with van der Waals surface area (Å²) < 4.78 is 0. The first-order valence-electron chi connectivity index (χ1n) is 4.86. The molecule has 8 heteroatoms. The number of nitro groups is 1. The third-order valence-corrected chi connectivity index (χ3v) is 2.00. The van der Waals surface area contributed by atoms with Crippen LogP contribution in [0.2, 0.25) is 0 Å². The Morgan fingerprint density at radius 2 is 2.29 bits per heavy atom. The van der Waals surface area contributed by atoms with E-state index in [2.05, 4.69) is 10.3 Å². The number of rotatable bonds is 5. The number of primary amides is 1. The third-order valence-electron chi connectivity index (χ3n) is 2.00. The van der Waals surface area contributed by atoms with Gasteiger partial charge in [0.2, 0.25) is 11.7 Å². The van der Waals surface area contributed by atoms with Crippen LogP contribution in [-0.2, 0) is 4.79 Å². The van der Waals surface area contributed by atoms with Crippen LogP contribution in [0.15, 0.2) is 12.1 Å². The van der Waals surface area contributed by atoms with E-state index in [1.807, 2.05) is 0 Å². The van der Waals surface area contributed by atoms with E-state index < -0.39 is 10.8 Å². The number of anilines is 2. The van der Waals surface area contributed by atoms with Gasteiger partial charge in [0.05, 0.1) is 4.92 Å². The normalized spacial score (nSPS) is 11.8. The number of pyridine rings is 1. The topological polar surface area (TPSA) is 137 Å². The van der Waals surface area contributed by atoms with Gasteiger partial charge >= 0.3 is 5.69 Å². The van der Waals surface area contributed by atoms with Crippen molar-refractivity contribution in [2.45, 2.75) is 19.4 Å². The summed E-state index contributed by atoms with van der Waals surface area (Å²) >= 11 is 0. The van der Waals surface area contributed by atoms with Crippen molar-refractivity contribution in [1.82, 2.24) is 4.98 Å². The van der Waals surface area contributed by atoms with Gasteiger partial charge in [0, 0.05) is 18.5 Å². The molecule has 92 valence electrons. The second kappa shape index (κ2) is 5.10. The number of nitrogens with two attached hydrogens (primary N) is 2. The molecule has 0 aliphatic rings. The van der Waals surface area contributed by atoms with Crippen LogP contribution in [-0.4, -0.2) is 21.9 Å². The Morgan fingerprint density at radius 1 is 1.65 bits per heavy atom. The highest BCUT2D eigenvalue weighted by molar-refractivity contribution is 5.74. The molecule has 1 heterocycles. The van der Waals surface area contributed by atoms with Gasteiger partial charge in [-0.3, -0.25) is 14.9 Å². The van der Waals surface area contributed by atoms with Gasteiger partial charge < -0.3 is 16.8 Å². The number of hydrogen-bond acceptors (Lipinski definition) is 6. The first kappa shape index (κ1) is 12.7. The Hall–Kier alpha value is -2.38. The molecule has 0 bridgehead atoms. The predicted molar refractivity (Wildman–Crippen MR) is 62.2 cm³/mol. The number of carbonyl (C=O) groups is 1. The molecule has 0 saturated carbocycles. The van der Waals surface area contributed by atoms with Crippen LogP contribution in [0.1, 0.15) is 13.3 Å². The Balaban J connectivity index is 2.77. The van der Waals surface area contributed by atoms with Gasteiger partial charge in [0.1, 0.15) is 5.82 Å². The number of hydrogen-bond donors (Lipinski definition) is 3. The van der Waals surface area contributed by atoms with Gasteiger partial charge in [-0.05, 0) is 13.0 Å². The van der Waals surface area contributed by atoms with Crippen molar-refractivity contribution in [2.75, 3.05) is 11.1 Å². The number of amides is 1. The van der Waals surface area contributed by atoms with Crippen molar-refractivity contribution in [3.8, 4) is 0 Å². The van der Waals surface area contributed by atoms with E-state index in [-0.39, 0.29) is 24.0 Å². The Morgan fingerprint density at radius 3 is 2.76 bits per heavy atom. The average molecular weight is 239 g/mol. The summed E-state index contributed by atoms with van der Waals surface area (Å²) in [7, 11) is 0. The molecular weight excluding hydrogens is 226 g/mol. The van der Waals surface area contributed by atoms with Gasteiger partial charge in [-0.15, -0.1) is 0 Å². The van der Waals surface area contributed by atoms with Gasteiger partial charge in [0.15, 0.2) is 0 Å². The minimum atomic E-state index is -0.612. The molecule has 0 aliphatic heterocycles. The first-order chi connectivity index (χ1) is 7.90. The third kappa shape index (κ3) is 3.59. The second-order valence-electron chi connectivity index (χ2n) is 3.57. The van der Waals surface area contributed by atoms with E-state index >= 15 is 0 Å². The summed E-state index contributed by atoms with van der Waals surface area (Å²) in [6.07, 6.45) is 0.137. The maximum atomic E-state index is 10.7. The van der Waals surface area contributed by atoms with Gasteiger partial charge in [-0.25, -0.2) is 4.98 Å². The standard InChI is InChI=1S/C9H13N5O3/c1-5(4-7(10)15)12-8-3-2-6(14(16)17)9(11)13-8/h2-3,5H,4H2,1H3,(H2,10,15)(H3,11,12,13). The van der Waals surface area contributed by atoms with Crippen LogP contribution >= 0.6 is 0 Å². The van der Waals surface area contributed by atoms with Crippen LogP contribution in [0.3, 0.4) is 0 Å². The Kier molecular flexibility index (Phi) is 3.81. The molecule has 0 aliphatic carbocycles. The molecule has 0 radical (unpaired) electrons. The number of aromatic nitrogens is 1. The molecule has 1 aromatic rings. The van der Waals surface area contributed by atoms with Crippen LogP contribution in [0.5, 0.6) is 0 Å². The van der Waals surface area contributed by atoms with Crippen molar-refractivity contribution in [2.24, 2.45) is 5.73 Å². The lowest BCUT2D eigenvalue weighted by molar-refractivity contribution is -0.384. The van der Waals surface area contributed by atoms with Gasteiger partial charge in [-0.1, -0.05) is 0 Å². The van der Waals surface area contributed by atoms with E-state index in [0.29, 0.717) is 5.82 Å². The molecule has 0 spiro atoms. The SMILES string of the molecule is CC(CC(N)=O)Nc1ccc([N+](=O)[O-])c(N)n1. The number of nitrogen functional groups attached to an aromatic ring is 1. The minimum Gasteiger partial charge on any atom is -0.378 e. The molecule has 0 aromatic carbocycles. The largest absolute Gasteiger partial charge is 0.378 e. The summed E-state index contributed by atoms with van der Waals surface area (Å²) in [5.41, 5.74) is 10.2. The summed E-state index contributed by atoms with van der Waals surface area (Å²) in [5, 5.41) is 13.4. The van der Waals surface area contributed by atoms with Crippen LogP contribution in [0, 0.1) is 10.1 Å². The quantitative estimate of drug-likeness (QED) is 0.497. The molecule has 1 aromatic heterocycles. The molecule has 1 amide bonds. The minimum absolute atomic E-state index is 0.137. The van der Waals surface area contributed by atoms with E-state index in [9.17, 15) is 14.9 Å². The maximum absolute atomic E-state index is 10.7. The smallest absolute Gasteiger partial charge is 0.311 e. The van der Waals surface area contributed by atoms with Gasteiger partial charge in [0.25, 0.3) is 0 Å². The lowest BCUT2D eigenvalue weighted by Crippen LogP contribution is -2.24. The molecular formula is C9H13N5O3. The fourth-order valence-corrected chi connectivity index (χ4v) is 1.31. The van der Waals surface area contributed by atoms with Crippen molar-refractivity contribution >= 4 is 23.2 Å². The molecule has 5 N–H and O–H groups in total. The Bertz CT molecular complexity index is 448. The summed E-state index contributed by atoms with van der Waals surface area (Å²) in [4.78, 5) is 24.4. The zero-order valence-corrected chi connectivity index (χ0v) is 9.21. The molecule has 0 fully saturated rings. The van der Waals surface area contributed by atoms with Crippen molar-refractivity contribution in [3.05, 3.63) is 22.2 Å². The van der Waals surface area contributed by atoms with Gasteiger partial charge in [-0.2, -0.15) is 0 Å². The fourth-order valence-electron chi connectivity index (χ4n) is 1.31. The average Bonchev–Trinajstić information content (AvgIpc) is 2.15. The zero-order chi connectivity index (χ0) is 13.0. The lowest BCUT2D eigenvalue weighted by Gasteiger charge is -2.12. The van der Waals surface area contributed by atoms with Crippen molar-refractivity contribution < 1.29 is 9.72 Å². The second-order valence-corrected chi connectivity index (χ2v) is 3.57. The molecule has 0 saturated heterocycles. The molecule has 1 rings (SSSR count). The molecule has 17 heavy (non-hydrogen) atoms. The van der Waals surface area contributed by atoms with Crippen molar-refractivity contribution in [3.63, 3.8) is 0 Å². The lowest BCUT2D eigenvalue weighted by atomic mass is 10.2. The van der Waals surface area contributed by atoms with E-state index in [4.69, 9.17) is 11.5 Å². The monoisotopic (exact) mass is 239 g/mol. The highest BCUT2D eigenvalue weighted by atomic mass is 16.6. The van der Waals surface area contributed by atoms with E-state index in [1.54, 1.807) is 6.92 Å². The van der Waals surface area contributed by atoms with Crippen LogP contribution < -0.4 is 16.8 Å². The Labute approximate surface area is 97.2 Å². The number of carbonyl (C=O) groups excluding carboxylic acids is 1. The number of nitrogens with zero attached hydrogens (tertiary/aromatic N) is 2. The summed E-state index contributed by atoms with van der Waals surface area (Å²) in [5.74, 6) is -0.256. The number of nitrogens with one attached hydrogen (secondary N) is 1. The highest BCUT2D eigenvalue weighted by Crippen LogP contribution is 2.21. The molecule has 8 nitrogen and oxygen atoms in total.